The Morgan fingerprint density at radius 1 is 1.22 bits per heavy atom. The summed E-state index contributed by atoms with van der Waals surface area (Å²) in [5, 5.41) is 4.03. The van der Waals surface area contributed by atoms with E-state index in [0.29, 0.717) is 42.2 Å². The Kier molecular flexibility index (Phi) is 7.92. The second kappa shape index (κ2) is 11.3. The zero-order valence-corrected chi connectivity index (χ0v) is 22.3. The van der Waals surface area contributed by atoms with Crippen molar-refractivity contribution in [1.82, 2.24) is 9.80 Å². The average Bonchev–Trinajstić information content (AvgIpc) is 3.22. The third kappa shape index (κ3) is 5.76. The predicted octanol–water partition coefficient (Wildman–Crippen LogP) is 5.37. The standard InChI is InChI=1S/C29H38ClN3O3/c1-20(2)16-33(17-21-14-25(30)28-27(15-21)35-12-5-13-36-28)29(34)23-7-4-11-32(19-23)18-22-6-3-8-26-24(22)9-10-31-26/h3,6,8,14-15,20,23,31H,4-5,7,9-13,16-19H2,1-2H3/t23-/m1/s1. The first-order valence-electron chi connectivity index (χ1n) is 13.4. The predicted molar refractivity (Wildman–Crippen MR) is 144 cm³/mol. The number of carbonyl (C=O) groups is 1. The molecule has 1 saturated heterocycles. The molecule has 0 aliphatic carbocycles. The summed E-state index contributed by atoms with van der Waals surface area (Å²) in [7, 11) is 0. The molecule has 1 amide bonds. The highest BCUT2D eigenvalue weighted by Gasteiger charge is 2.31. The van der Waals surface area contributed by atoms with Gasteiger partial charge in [-0.25, -0.2) is 0 Å². The first-order chi connectivity index (χ1) is 17.5. The van der Waals surface area contributed by atoms with E-state index in [1.807, 2.05) is 17.0 Å². The maximum Gasteiger partial charge on any atom is 0.227 e. The molecular formula is C29H38ClN3O3. The van der Waals surface area contributed by atoms with E-state index in [1.165, 1.54) is 16.8 Å². The van der Waals surface area contributed by atoms with E-state index in [4.69, 9.17) is 21.1 Å². The number of likely N-dealkylation sites (tertiary alicyclic amines) is 1. The van der Waals surface area contributed by atoms with Crippen molar-refractivity contribution >= 4 is 23.2 Å². The van der Waals surface area contributed by atoms with Gasteiger partial charge in [0.2, 0.25) is 5.91 Å². The van der Waals surface area contributed by atoms with Crippen LogP contribution in [0.15, 0.2) is 30.3 Å². The molecule has 0 unspecified atom stereocenters. The third-order valence-electron chi connectivity index (χ3n) is 7.34. The Labute approximate surface area is 219 Å². The smallest absolute Gasteiger partial charge is 0.227 e. The minimum Gasteiger partial charge on any atom is -0.489 e. The molecule has 0 radical (unpaired) electrons. The molecule has 1 N–H and O–H groups in total. The maximum absolute atomic E-state index is 13.9. The number of anilines is 1. The number of piperidine rings is 1. The molecule has 2 aromatic carbocycles. The normalized spacial score (nSPS) is 19.5. The second-order valence-corrected chi connectivity index (χ2v) is 11.2. The lowest BCUT2D eigenvalue weighted by Crippen LogP contribution is -2.45. The van der Waals surface area contributed by atoms with Gasteiger partial charge in [0.25, 0.3) is 0 Å². The Hall–Kier alpha value is -2.44. The van der Waals surface area contributed by atoms with Gasteiger partial charge in [-0.3, -0.25) is 9.69 Å². The highest BCUT2D eigenvalue weighted by Crippen LogP contribution is 2.38. The molecule has 1 atom stereocenters. The molecule has 0 saturated carbocycles. The fourth-order valence-electron chi connectivity index (χ4n) is 5.73. The molecule has 2 aromatic rings. The van der Waals surface area contributed by atoms with E-state index in [0.717, 1.165) is 64.0 Å². The summed E-state index contributed by atoms with van der Waals surface area (Å²) in [5.41, 5.74) is 5.09. The quantitative estimate of drug-likeness (QED) is 0.542. The Balaban J connectivity index is 1.29. The van der Waals surface area contributed by atoms with E-state index in [9.17, 15) is 4.79 Å². The van der Waals surface area contributed by atoms with Crippen LogP contribution in [0.1, 0.15) is 49.8 Å². The van der Waals surface area contributed by atoms with Gasteiger partial charge >= 0.3 is 0 Å². The molecule has 0 spiro atoms. The van der Waals surface area contributed by atoms with Crippen molar-refractivity contribution in [2.24, 2.45) is 11.8 Å². The number of ether oxygens (including phenoxy) is 2. The van der Waals surface area contributed by atoms with Gasteiger partial charge in [0.05, 0.1) is 24.2 Å². The van der Waals surface area contributed by atoms with Crippen molar-refractivity contribution in [1.29, 1.82) is 0 Å². The fraction of sp³-hybridized carbons (Fsp3) is 0.552. The van der Waals surface area contributed by atoms with Crippen LogP contribution in [0, 0.1) is 11.8 Å². The molecule has 7 heteroatoms. The molecule has 0 bridgehead atoms. The fourth-order valence-corrected chi connectivity index (χ4v) is 6.02. The topological polar surface area (TPSA) is 54.0 Å². The molecule has 194 valence electrons. The number of hydrogen-bond donors (Lipinski definition) is 1. The van der Waals surface area contributed by atoms with Crippen LogP contribution in [-0.4, -0.2) is 55.1 Å². The van der Waals surface area contributed by atoms with E-state index in [2.05, 4.69) is 42.3 Å². The minimum atomic E-state index is 0.0169. The number of hydrogen-bond acceptors (Lipinski definition) is 5. The molecule has 3 aliphatic rings. The van der Waals surface area contributed by atoms with Gasteiger partial charge in [0.15, 0.2) is 11.5 Å². The van der Waals surface area contributed by atoms with Gasteiger partial charge < -0.3 is 19.7 Å². The molecule has 1 fully saturated rings. The largest absolute Gasteiger partial charge is 0.489 e. The summed E-state index contributed by atoms with van der Waals surface area (Å²) in [6.07, 6.45) is 3.91. The zero-order chi connectivity index (χ0) is 25.1. The summed E-state index contributed by atoms with van der Waals surface area (Å²) in [6.45, 7) is 10.6. The van der Waals surface area contributed by atoms with Crippen LogP contribution in [0.3, 0.4) is 0 Å². The lowest BCUT2D eigenvalue weighted by atomic mass is 9.94. The summed E-state index contributed by atoms with van der Waals surface area (Å²) >= 11 is 6.55. The van der Waals surface area contributed by atoms with Crippen LogP contribution in [0.5, 0.6) is 11.5 Å². The van der Waals surface area contributed by atoms with Gasteiger partial charge in [0.1, 0.15) is 0 Å². The van der Waals surface area contributed by atoms with Crippen molar-refractivity contribution in [2.45, 2.75) is 52.6 Å². The molecule has 3 aliphatic heterocycles. The van der Waals surface area contributed by atoms with Gasteiger partial charge in [-0.2, -0.15) is 0 Å². The van der Waals surface area contributed by atoms with Crippen LogP contribution in [-0.2, 0) is 24.3 Å². The zero-order valence-electron chi connectivity index (χ0n) is 21.5. The number of amides is 1. The van der Waals surface area contributed by atoms with E-state index >= 15 is 0 Å². The number of benzene rings is 2. The minimum absolute atomic E-state index is 0.0169. The lowest BCUT2D eigenvalue weighted by Gasteiger charge is -2.36. The Morgan fingerprint density at radius 3 is 2.94 bits per heavy atom. The summed E-state index contributed by atoms with van der Waals surface area (Å²) in [6, 6.07) is 10.5. The van der Waals surface area contributed by atoms with Crippen LogP contribution >= 0.6 is 11.6 Å². The van der Waals surface area contributed by atoms with Gasteiger partial charge in [-0.1, -0.05) is 37.6 Å². The molecule has 5 rings (SSSR count). The first kappa shape index (κ1) is 25.2. The number of rotatable bonds is 7. The third-order valence-corrected chi connectivity index (χ3v) is 7.63. The highest BCUT2D eigenvalue weighted by molar-refractivity contribution is 6.32. The number of halogens is 1. The van der Waals surface area contributed by atoms with Crippen molar-refractivity contribution in [3.8, 4) is 11.5 Å². The van der Waals surface area contributed by atoms with Gasteiger partial charge in [0, 0.05) is 44.8 Å². The van der Waals surface area contributed by atoms with Crippen LogP contribution in [0.4, 0.5) is 5.69 Å². The number of carbonyl (C=O) groups excluding carboxylic acids is 1. The molecule has 6 nitrogen and oxygen atoms in total. The van der Waals surface area contributed by atoms with Crippen molar-refractivity contribution in [3.05, 3.63) is 52.0 Å². The lowest BCUT2D eigenvalue weighted by molar-refractivity contribution is -0.138. The van der Waals surface area contributed by atoms with Crippen molar-refractivity contribution in [3.63, 3.8) is 0 Å². The molecule has 3 heterocycles. The van der Waals surface area contributed by atoms with Crippen LogP contribution in [0.25, 0.3) is 0 Å². The monoisotopic (exact) mass is 511 g/mol. The summed E-state index contributed by atoms with van der Waals surface area (Å²) in [5.74, 6) is 1.94. The molecule has 36 heavy (non-hydrogen) atoms. The maximum atomic E-state index is 13.9. The van der Waals surface area contributed by atoms with E-state index in [1.54, 1.807) is 0 Å². The average molecular weight is 512 g/mol. The Bertz CT molecular complexity index is 1090. The molecular weight excluding hydrogens is 474 g/mol. The van der Waals surface area contributed by atoms with Gasteiger partial charge in [-0.15, -0.1) is 0 Å². The van der Waals surface area contributed by atoms with E-state index in [-0.39, 0.29) is 11.8 Å². The van der Waals surface area contributed by atoms with Crippen molar-refractivity contribution < 1.29 is 14.3 Å². The summed E-state index contributed by atoms with van der Waals surface area (Å²) < 4.78 is 11.7. The van der Waals surface area contributed by atoms with E-state index < -0.39 is 0 Å². The second-order valence-electron chi connectivity index (χ2n) is 10.8. The van der Waals surface area contributed by atoms with Crippen molar-refractivity contribution in [2.75, 3.05) is 44.7 Å². The number of nitrogens with zero attached hydrogens (tertiary/aromatic N) is 2. The number of nitrogens with one attached hydrogen (secondary N) is 1. The van der Waals surface area contributed by atoms with Gasteiger partial charge in [-0.05, 0) is 66.6 Å². The molecule has 0 aromatic heterocycles. The highest BCUT2D eigenvalue weighted by atomic mass is 35.5. The SMILES string of the molecule is CC(C)CN(Cc1cc(Cl)c2c(c1)OCCCO2)C(=O)[C@@H]1CCCN(Cc2cccc3c2CCN3)C1. The number of fused-ring (bicyclic) bond motifs is 2. The Morgan fingerprint density at radius 2 is 2.08 bits per heavy atom. The van der Waals surface area contributed by atoms with Crippen LogP contribution in [0.2, 0.25) is 5.02 Å². The summed E-state index contributed by atoms with van der Waals surface area (Å²) in [4.78, 5) is 18.3. The van der Waals surface area contributed by atoms with Crippen LogP contribution < -0.4 is 14.8 Å². The first-order valence-corrected chi connectivity index (χ1v) is 13.8.